The second-order valence-corrected chi connectivity index (χ2v) is 4.19. The molecule has 1 fully saturated rings. The molecule has 102 valence electrons. The molecule has 1 rings (SSSR count). The van der Waals surface area contributed by atoms with E-state index in [4.69, 9.17) is 10.5 Å². The summed E-state index contributed by atoms with van der Waals surface area (Å²) in [4.78, 5) is 0. The van der Waals surface area contributed by atoms with Crippen LogP contribution in [-0.4, -0.2) is 44.8 Å². The Morgan fingerprint density at radius 3 is 2.41 bits per heavy atom. The Hall–Kier alpha value is -0.400. The zero-order valence-electron chi connectivity index (χ0n) is 9.38. The van der Waals surface area contributed by atoms with Gasteiger partial charge in [0.05, 0.1) is 6.61 Å². The Labute approximate surface area is 97.2 Å². The van der Waals surface area contributed by atoms with Crippen molar-refractivity contribution >= 4 is 0 Å². The SMILES string of the molecule is NC(COCC(F)(F)C(F)F)C1CCOCC1. The lowest BCUT2D eigenvalue weighted by molar-refractivity contribution is -0.167. The molecule has 0 aromatic rings. The van der Waals surface area contributed by atoms with Crippen LogP contribution < -0.4 is 5.73 Å². The highest BCUT2D eigenvalue weighted by Gasteiger charge is 2.41. The third kappa shape index (κ3) is 4.77. The molecule has 0 aromatic carbocycles. The van der Waals surface area contributed by atoms with Crippen molar-refractivity contribution in [2.45, 2.75) is 31.2 Å². The average molecular weight is 259 g/mol. The maximum absolute atomic E-state index is 12.5. The molecule has 0 radical (unpaired) electrons. The number of alkyl halides is 4. The zero-order chi connectivity index (χ0) is 12.9. The van der Waals surface area contributed by atoms with E-state index in [1.807, 2.05) is 0 Å². The summed E-state index contributed by atoms with van der Waals surface area (Å²) < 4.78 is 58.3. The minimum absolute atomic E-state index is 0.132. The molecule has 0 amide bonds. The molecule has 0 spiro atoms. The van der Waals surface area contributed by atoms with Crippen molar-refractivity contribution < 1.29 is 27.0 Å². The largest absolute Gasteiger partial charge is 0.381 e. The molecule has 1 atom stereocenters. The fourth-order valence-electron chi connectivity index (χ4n) is 1.67. The molecule has 2 N–H and O–H groups in total. The standard InChI is InChI=1S/C10H17F4NO2/c11-9(12)10(13,14)6-17-5-8(15)7-1-3-16-4-2-7/h7-9H,1-6,15H2. The molecule has 1 unspecified atom stereocenters. The van der Waals surface area contributed by atoms with Gasteiger partial charge in [-0.1, -0.05) is 0 Å². The molecule has 7 heteroatoms. The lowest BCUT2D eigenvalue weighted by Crippen LogP contribution is -2.40. The minimum Gasteiger partial charge on any atom is -0.381 e. The van der Waals surface area contributed by atoms with Gasteiger partial charge in [-0.2, -0.15) is 8.78 Å². The van der Waals surface area contributed by atoms with E-state index in [2.05, 4.69) is 4.74 Å². The van der Waals surface area contributed by atoms with Gasteiger partial charge in [0.1, 0.15) is 6.61 Å². The predicted molar refractivity (Wildman–Crippen MR) is 53.3 cm³/mol. The molecule has 1 saturated heterocycles. The fourth-order valence-corrected chi connectivity index (χ4v) is 1.67. The molecule has 17 heavy (non-hydrogen) atoms. The van der Waals surface area contributed by atoms with E-state index in [1.165, 1.54) is 0 Å². The topological polar surface area (TPSA) is 44.5 Å². The van der Waals surface area contributed by atoms with E-state index >= 15 is 0 Å². The normalized spacial score (nSPS) is 20.8. The maximum Gasteiger partial charge on any atom is 0.330 e. The molecule has 1 aliphatic heterocycles. The van der Waals surface area contributed by atoms with Crippen molar-refractivity contribution in [1.29, 1.82) is 0 Å². The van der Waals surface area contributed by atoms with Gasteiger partial charge in [0.2, 0.25) is 0 Å². The second-order valence-electron chi connectivity index (χ2n) is 4.19. The summed E-state index contributed by atoms with van der Waals surface area (Å²) in [6.07, 6.45) is -2.22. The van der Waals surface area contributed by atoms with Gasteiger partial charge in [-0.15, -0.1) is 0 Å². The number of rotatable bonds is 6. The first-order valence-electron chi connectivity index (χ1n) is 5.50. The molecule has 0 saturated carbocycles. The van der Waals surface area contributed by atoms with E-state index in [1.54, 1.807) is 0 Å². The van der Waals surface area contributed by atoms with E-state index in [0.717, 1.165) is 12.8 Å². The Morgan fingerprint density at radius 1 is 1.29 bits per heavy atom. The monoisotopic (exact) mass is 259 g/mol. The molecular formula is C10H17F4NO2. The quantitative estimate of drug-likeness (QED) is 0.738. The second kappa shape index (κ2) is 6.51. The first-order valence-corrected chi connectivity index (χ1v) is 5.50. The van der Waals surface area contributed by atoms with Crippen LogP contribution in [0.4, 0.5) is 17.6 Å². The van der Waals surface area contributed by atoms with Crippen molar-refractivity contribution in [2.24, 2.45) is 11.7 Å². The number of halogens is 4. The molecule has 0 aromatic heterocycles. The summed E-state index contributed by atoms with van der Waals surface area (Å²) in [6.45, 7) is -0.244. The lowest BCUT2D eigenvalue weighted by atomic mass is 9.93. The van der Waals surface area contributed by atoms with Crippen LogP contribution in [-0.2, 0) is 9.47 Å². The van der Waals surface area contributed by atoms with Crippen LogP contribution in [0.5, 0.6) is 0 Å². The molecule has 1 aliphatic rings. The molecule has 1 heterocycles. The van der Waals surface area contributed by atoms with E-state index < -0.39 is 25.0 Å². The highest BCUT2D eigenvalue weighted by atomic mass is 19.3. The summed E-state index contributed by atoms with van der Waals surface area (Å²) in [5.41, 5.74) is 5.74. The highest BCUT2D eigenvalue weighted by Crippen LogP contribution is 2.23. The van der Waals surface area contributed by atoms with Crippen molar-refractivity contribution in [3.05, 3.63) is 0 Å². The summed E-state index contributed by atoms with van der Waals surface area (Å²) in [6, 6.07) is -0.410. The van der Waals surface area contributed by atoms with Crippen LogP contribution in [0.3, 0.4) is 0 Å². The minimum atomic E-state index is -4.10. The molecule has 0 bridgehead atoms. The van der Waals surface area contributed by atoms with Gasteiger partial charge in [-0.3, -0.25) is 0 Å². The summed E-state index contributed by atoms with van der Waals surface area (Å²) in [5.74, 6) is -3.96. The smallest absolute Gasteiger partial charge is 0.330 e. The van der Waals surface area contributed by atoms with Gasteiger partial charge in [0, 0.05) is 19.3 Å². The summed E-state index contributed by atoms with van der Waals surface area (Å²) in [5, 5.41) is 0. The van der Waals surface area contributed by atoms with Gasteiger partial charge in [-0.05, 0) is 18.8 Å². The third-order valence-corrected chi connectivity index (χ3v) is 2.80. The number of hydrogen-bond donors (Lipinski definition) is 1. The predicted octanol–water partition coefficient (Wildman–Crippen LogP) is 1.66. The Balaban J connectivity index is 2.21. The number of ether oxygens (including phenoxy) is 2. The van der Waals surface area contributed by atoms with Crippen molar-refractivity contribution in [3.8, 4) is 0 Å². The van der Waals surface area contributed by atoms with Crippen LogP contribution in [0.25, 0.3) is 0 Å². The maximum atomic E-state index is 12.5. The Bertz CT molecular complexity index is 222. The van der Waals surface area contributed by atoms with Crippen molar-refractivity contribution in [1.82, 2.24) is 0 Å². The van der Waals surface area contributed by atoms with Crippen LogP contribution in [0.2, 0.25) is 0 Å². The van der Waals surface area contributed by atoms with E-state index in [0.29, 0.717) is 13.2 Å². The van der Waals surface area contributed by atoms with Gasteiger partial charge >= 0.3 is 12.3 Å². The Kier molecular flexibility index (Phi) is 5.61. The van der Waals surface area contributed by atoms with Crippen molar-refractivity contribution in [3.63, 3.8) is 0 Å². The summed E-state index contributed by atoms with van der Waals surface area (Å²) in [7, 11) is 0. The lowest BCUT2D eigenvalue weighted by Gasteiger charge is -2.27. The van der Waals surface area contributed by atoms with Crippen LogP contribution in [0, 0.1) is 5.92 Å². The number of nitrogens with two attached hydrogens (primary N) is 1. The van der Waals surface area contributed by atoms with Crippen LogP contribution >= 0.6 is 0 Å². The summed E-state index contributed by atoms with van der Waals surface area (Å²) >= 11 is 0. The molecular weight excluding hydrogens is 242 g/mol. The van der Waals surface area contributed by atoms with Crippen molar-refractivity contribution in [2.75, 3.05) is 26.4 Å². The zero-order valence-corrected chi connectivity index (χ0v) is 9.38. The highest BCUT2D eigenvalue weighted by molar-refractivity contribution is 4.76. The Morgan fingerprint density at radius 2 is 1.88 bits per heavy atom. The first-order chi connectivity index (χ1) is 7.93. The third-order valence-electron chi connectivity index (χ3n) is 2.80. The molecule has 0 aliphatic carbocycles. The van der Waals surface area contributed by atoms with Gasteiger partial charge in [-0.25, -0.2) is 8.78 Å². The van der Waals surface area contributed by atoms with Crippen LogP contribution in [0.15, 0.2) is 0 Å². The van der Waals surface area contributed by atoms with E-state index in [9.17, 15) is 17.6 Å². The first kappa shape index (κ1) is 14.7. The fraction of sp³-hybridized carbons (Fsp3) is 1.00. The van der Waals surface area contributed by atoms with Crippen LogP contribution in [0.1, 0.15) is 12.8 Å². The van der Waals surface area contributed by atoms with Gasteiger partial charge in [0.25, 0.3) is 0 Å². The van der Waals surface area contributed by atoms with Gasteiger partial charge in [0.15, 0.2) is 0 Å². The molecule has 3 nitrogen and oxygen atoms in total. The number of hydrogen-bond acceptors (Lipinski definition) is 3. The average Bonchev–Trinajstić information content (AvgIpc) is 2.29. The van der Waals surface area contributed by atoms with Gasteiger partial charge < -0.3 is 15.2 Å². The van der Waals surface area contributed by atoms with E-state index in [-0.39, 0.29) is 12.5 Å².